The van der Waals surface area contributed by atoms with E-state index in [0.717, 1.165) is 101 Å². The maximum absolute atomic E-state index is 12.9. The summed E-state index contributed by atoms with van der Waals surface area (Å²) >= 11 is 0. The third-order valence-corrected chi connectivity index (χ3v) is 13.8. The van der Waals surface area contributed by atoms with Crippen molar-refractivity contribution in [3.05, 3.63) is 120 Å². The van der Waals surface area contributed by atoms with Crippen LogP contribution in [-0.4, -0.2) is 85.7 Å². The second kappa shape index (κ2) is 40.9. The lowest BCUT2D eigenvalue weighted by Gasteiger charge is -2.21. The van der Waals surface area contributed by atoms with Crippen LogP contribution in [0.2, 0.25) is 0 Å². The second-order valence-corrected chi connectivity index (χ2v) is 20.7. The highest BCUT2D eigenvalue weighted by molar-refractivity contribution is 7.61. The number of ether oxygens (including phenoxy) is 3. The van der Waals surface area contributed by atoms with E-state index in [2.05, 4.69) is 102 Å². The van der Waals surface area contributed by atoms with Crippen molar-refractivity contribution in [2.75, 3.05) is 25.6 Å². The number of phosphoric acid groups is 2. The number of nitrogens with two attached hydrogens (primary N) is 1. The maximum Gasteiger partial charge on any atom is 0.481 e. The fourth-order valence-electron chi connectivity index (χ4n) is 7.13. The summed E-state index contributed by atoms with van der Waals surface area (Å²) in [5.41, 5.74) is 4.58. The molecule has 6 N–H and O–H groups in total. The van der Waals surface area contributed by atoms with Crippen LogP contribution in [0.15, 0.2) is 114 Å². The summed E-state index contributed by atoms with van der Waals surface area (Å²) < 4.78 is 56.8. The first kappa shape index (κ1) is 65.8. The summed E-state index contributed by atoms with van der Waals surface area (Å²) in [6.07, 6.45) is 46.4. The number of rotatable bonds is 42. The van der Waals surface area contributed by atoms with Gasteiger partial charge in [-0.25, -0.2) is 13.9 Å². The van der Waals surface area contributed by atoms with Crippen molar-refractivity contribution < 1.29 is 66.3 Å². The van der Waals surface area contributed by atoms with E-state index in [1.54, 1.807) is 0 Å². The van der Waals surface area contributed by atoms with Crippen molar-refractivity contribution in [2.24, 2.45) is 0 Å². The number of unbranched alkanes of at least 4 members (excludes halogenated alkanes) is 10. The van der Waals surface area contributed by atoms with E-state index in [4.69, 9.17) is 29.0 Å². The summed E-state index contributed by atoms with van der Waals surface area (Å²) in [4.78, 5) is 62.0. The van der Waals surface area contributed by atoms with Crippen molar-refractivity contribution in [1.82, 2.24) is 9.55 Å². The number of esters is 2. The molecule has 2 heterocycles. The van der Waals surface area contributed by atoms with Crippen molar-refractivity contribution in [2.45, 2.75) is 186 Å². The van der Waals surface area contributed by atoms with Gasteiger partial charge in [-0.3, -0.25) is 23.2 Å². The lowest BCUT2D eigenvalue weighted by Crippen LogP contribution is -2.36. The Morgan fingerprint density at radius 2 is 1.16 bits per heavy atom. The number of phosphoric ester groups is 2. The Bertz CT molecular complexity index is 2120. The van der Waals surface area contributed by atoms with Crippen LogP contribution in [0.25, 0.3) is 0 Å². The van der Waals surface area contributed by atoms with E-state index in [1.807, 2.05) is 18.2 Å². The topological polar surface area (TPSA) is 265 Å². The van der Waals surface area contributed by atoms with Crippen LogP contribution in [-0.2, 0) is 46.3 Å². The van der Waals surface area contributed by atoms with Gasteiger partial charge in [-0.2, -0.15) is 9.29 Å². The average Bonchev–Trinajstić information content (AvgIpc) is 3.64. The van der Waals surface area contributed by atoms with E-state index in [1.165, 1.54) is 25.3 Å². The molecule has 18 nitrogen and oxygen atoms in total. The molecule has 0 amide bonds. The van der Waals surface area contributed by atoms with Gasteiger partial charge in [0.25, 0.3) is 0 Å². The van der Waals surface area contributed by atoms with Crippen molar-refractivity contribution in [3.63, 3.8) is 0 Å². The first-order chi connectivity index (χ1) is 35.7. The van der Waals surface area contributed by atoms with E-state index >= 15 is 0 Å². The predicted molar refractivity (Wildman–Crippen MR) is 288 cm³/mol. The fourth-order valence-corrected chi connectivity index (χ4v) is 9.24. The molecule has 0 radical (unpaired) electrons. The molecular formula is C54H85N3O15P2. The van der Waals surface area contributed by atoms with Crippen LogP contribution < -0.4 is 11.4 Å². The Morgan fingerprint density at radius 1 is 0.662 bits per heavy atom. The normalized spacial score (nSPS) is 19.6. The molecule has 0 aliphatic carbocycles. The highest BCUT2D eigenvalue weighted by atomic mass is 31.3. The van der Waals surface area contributed by atoms with Gasteiger partial charge in [-0.05, 0) is 89.5 Å². The van der Waals surface area contributed by atoms with Gasteiger partial charge < -0.3 is 39.9 Å². The summed E-state index contributed by atoms with van der Waals surface area (Å²) in [5, 5.41) is 20.9. The molecule has 1 aromatic rings. The molecule has 20 heteroatoms. The molecule has 1 aliphatic rings. The molecule has 1 saturated heterocycles. The van der Waals surface area contributed by atoms with Crippen molar-refractivity contribution in [3.8, 4) is 0 Å². The molecule has 1 fully saturated rings. The zero-order chi connectivity index (χ0) is 54.1. The van der Waals surface area contributed by atoms with Gasteiger partial charge in [0.15, 0.2) is 12.3 Å². The first-order valence-electron chi connectivity index (χ1n) is 26.2. The summed E-state index contributed by atoms with van der Waals surface area (Å²) in [6, 6.07) is 1.24. The van der Waals surface area contributed by atoms with Gasteiger partial charge in [0.2, 0.25) is 0 Å². The second-order valence-electron chi connectivity index (χ2n) is 17.6. The smallest absolute Gasteiger partial charge is 0.462 e. The van der Waals surface area contributed by atoms with Gasteiger partial charge in [0.1, 0.15) is 30.7 Å². The quantitative estimate of drug-likeness (QED) is 0.0176. The lowest BCUT2D eigenvalue weighted by molar-refractivity contribution is -0.161. The van der Waals surface area contributed by atoms with Crippen molar-refractivity contribution >= 4 is 33.4 Å². The van der Waals surface area contributed by atoms with Crippen LogP contribution in [0.3, 0.4) is 0 Å². The molecule has 0 bridgehead atoms. The highest BCUT2D eigenvalue weighted by Gasteiger charge is 2.46. The monoisotopic (exact) mass is 1080 g/mol. The number of nitrogens with zero attached hydrogens (tertiary/aromatic N) is 2. The highest BCUT2D eigenvalue weighted by Crippen LogP contribution is 2.60. The molecule has 74 heavy (non-hydrogen) atoms. The zero-order valence-electron chi connectivity index (χ0n) is 43.6. The number of allylic oxidation sites excluding steroid dienone is 16. The standard InChI is InChI=1S/C54H85N3O15P2/c1-3-5-7-9-11-13-15-17-19-21-22-24-25-27-29-31-33-35-37-39-49(58)67-43-46(70-50(59)40-38-36-34-32-30-28-26-23-20-18-16-14-12-10-8-6-4-2)44-68-73(63,64)72-74(65,66)69-45-47-51(60)52(61)53(71-47)57-42-41-48(55)56-54(57)62/h5,7,11-14,17-20,22,24,27,29,33,35,41-42,46-47,51-53,60-61H,3-4,6,8-10,15-16,21,23,25-26,28,30-32,34,36-40,43-45H2,1-2H3,(H,63,64)(H,65,66)(H2,55,56,62)/b7-5-,13-11-,14-12-,19-17-,20-18-,24-22-,29-27-,35-33-/t46-,47-,51+,52?,53-/m1/s1. The minimum atomic E-state index is -5.45. The molecule has 416 valence electrons. The zero-order valence-corrected chi connectivity index (χ0v) is 45.4. The van der Waals surface area contributed by atoms with Gasteiger partial charge in [-0.1, -0.05) is 156 Å². The molecule has 0 spiro atoms. The van der Waals surface area contributed by atoms with Crippen LogP contribution in [0.1, 0.15) is 161 Å². The molecule has 7 atom stereocenters. The SMILES string of the molecule is CC/C=C\C/C=C\C/C=C\C/C=C\C/C=C\C/C=C\CCC(=O)OC[C@H](COP(=O)(O)OP(=O)(O)OC[C@H]1O[C@@H](n2ccc(N)nc2=O)C(O)[C@H]1O)OC(=O)CCCCCCCCC/C=C\C/C=C\CCCCC. The van der Waals surface area contributed by atoms with Crippen LogP contribution in [0.4, 0.5) is 5.82 Å². The molecule has 3 unspecified atom stereocenters. The van der Waals surface area contributed by atoms with Gasteiger partial charge in [-0.15, -0.1) is 0 Å². The number of aromatic nitrogens is 2. The summed E-state index contributed by atoms with van der Waals surface area (Å²) in [5.74, 6) is -1.41. The minimum Gasteiger partial charge on any atom is -0.462 e. The van der Waals surface area contributed by atoms with E-state index in [0.29, 0.717) is 19.3 Å². The minimum absolute atomic E-state index is 0.00529. The van der Waals surface area contributed by atoms with E-state index < -0.39 is 83.7 Å². The molecule has 2 rings (SSSR count). The third-order valence-electron chi connectivity index (χ3n) is 11.2. The Morgan fingerprint density at radius 3 is 1.72 bits per heavy atom. The Labute approximate surface area is 439 Å². The Balaban J connectivity index is 1.83. The number of nitrogen functional groups attached to an aromatic ring is 1. The largest absolute Gasteiger partial charge is 0.481 e. The number of aliphatic hydroxyl groups is 2. The maximum atomic E-state index is 12.9. The third kappa shape index (κ3) is 32.9. The number of carbonyl (C=O) groups is 2. The Hall–Kier alpha value is -4.32. The van der Waals surface area contributed by atoms with Crippen LogP contribution in [0, 0.1) is 0 Å². The molecule has 0 saturated carbocycles. The molecule has 0 aromatic carbocycles. The number of anilines is 1. The Kier molecular flexibility index (Phi) is 36.4. The van der Waals surface area contributed by atoms with Crippen molar-refractivity contribution in [1.29, 1.82) is 0 Å². The average molecular weight is 1080 g/mol. The summed E-state index contributed by atoms with van der Waals surface area (Å²) in [6.45, 7) is 1.93. The lowest BCUT2D eigenvalue weighted by atomic mass is 10.1. The molecular weight excluding hydrogens is 993 g/mol. The summed E-state index contributed by atoms with van der Waals surface area (Å²) in [7, 11) is -10.9. The van der Waals surface area contributed by atoms with Crippen LogP contribution >= 0.6 is 15.6 Å². The van der Waals surface area contributed by atoms with E-state index in [-0.39, 0.29) is 18.7 Å². The number of aliphatic hydroxyl groups excluding tert-OH is 2. The number of carbonyl (C=O) groups excluding carboxylic acids is 2. The molecule has 1 aromatic heterocycles. The van der Waals surface area contributed by atoms with E-state index in [9.17, 15) is 43.5 Å². The molecule has 1 aliphatic heterocycles. The van der Waals surface area contributed by atoms with Gasteiger partial charge in [0, 0.05) is 19.0 Å². The van der Waals surface area contributed by atoms with Gasteiger partial charge >= 0.3 is 33.3 Å². The first-order valence-corrected chi connectivity index (χ1v) is 29.2. The van der Waals surface area contributed by atoms with Crippen LogP contribution in [0.5, 0.6) is 0 Å². The number of hydrogen-bond donors (Lipinski definition) is 5. The number of hydrogen-bond acceptors (Lipinski definition) is 15. The van der Waals surface area contributed by atoms with Gasteiger partial charge in [0.05, 0.1) is 13.2 Å². The fraction of sp³-hybridized carbons (Fsp3) is 0.593. The predicted octanol–water partition coefficient (Wildman–Crippen LogP) is 11.2.